The van der Waals surface area contributed by atoms with E-state index in [1.54, 1.807) is 24.3 Å². The maximum absolute atomic E-state index is 13.0. The predicted octanol–water partition coefficient (Wildman–Crippen LogP) is 6.25. The molecule has 6 nitrogen and oxygen atoms in total. The van der Waals surface area contributed by atoms with Crippen molar-refractivity contribution in [3.63, 3.8) is 0 Å². The molecule has 7 heteroatoms. The van der Waals surface area contributed by atoms with Crippen LogP contribution in [0.3, 0.4) is 0 Å². The Kier molecular flexibility index (Phi) is 12.1. The van der Waals surface area contributed by atoms with E-state index in [0.717, 1.165) is 29.6 Å². The number of hydrogen-bond donors (Lipinski definition) is 1. The van der Waals surface area contributed by atoms with Gasteiger partial charge in [-0.3, -0.25) is 0 Å². The molecule has 1 aliphatic heterocycles. The van der Waals surface area contributed by atoms with Gasteiger partial charge in [0.25, 0.3) is 8.32 Å². The van der Waals surface area contributed by atoms with Crippen LogP contribution in [-0.2, 0) is 18.6 Å². The average Bonchev–Trinajstić information content (AvgIpc) is 3.31. The lowest BCUT2D eigenvalue weighted by Crippen LogP contribution is -2.67. The van der Waals surface area contributed by atoms with Gasteiger partial charge in [-0.15, -0.1) is 0 Å². The van der Waals surface area contributed by atoms with Crippen molar-refractivity contribution in [1.29, 1.82) is 0 Å². The molecule has 0 unspecified atom stereocenters. The summed E-state index contributed by atoms with van der Waals surface area (Å²) in [5, 5.41) is 13.6. The van der Waals surface area contributed by atoms with Crippen LogP contribution in [0, 0.1) is 0 Å². The first-order chi connectivity index (χ1) is 20.8. The van der Waals surface area contributed by atoms with E-state index in [2.05, 4.69) is 52.0 Å². The number of hydrogen-bond acceptors (Lipinski definition) is 6. The molecule has 0 amide bonds. The molecule has 0 bridgehead atoms. The smallest absolute Gasteiger partial charge is 0.338 e. The maximum Gasteiger partial charge on any atom is 0.338 e. The lowest BCUT2D eigenvalue weighted by molar-refractivity contribution is -0.170. The Labute approximate surface area is 258 Å². The van der Waals surface area contributed by atoms with Crippen molar-refractivity contribution in [2.45, 2.75) is 95.9 Å². The SMILES string of the molecule is CCCCCCCCO[C@H]1O[C@H](CO[Si](c2ccccc2)(c2ccccc2)C(C)(C)C)[C@@H](O)[C@@H]1OC(=O)c1ccccc1. The fraction of sp³-hybridized carbons (Fsp3) is 0.472. The van der Waals surface area contributed by atoms with Crippen LogP contribution in [0.15, 0.2) is 91.0 Å². The lowest BCUT2D eigenvalue weighted by Gasteiger charge is -2.43. The van der Waals surface area contributed by atoms with Gasteiger partial charge < -0.3 is 23.7 Å². The number of esters is 1. The van der Waals surface area contributed by atoms with Crippen LogP contribution in [0.25, 0.3) is 0 Å². The summed E-state index contributed by atoms with van der Waals surface area (Å²) in [4.78, 5) is 13.0. The van der Waals surface area contributed by atoms with Crippen molar-refractivity contribution in [3.8, 4) is 0 Å². The number of aliphatic hydroxyl groups is 1. The topological polar surface area (TPSA) is 74.2 Å². The summed E-state index contributed by atoms with van der Waals surface area (Å²) in [5.41, 5.74) is 0.413. The molecular weight excluding hydrogens is 556 g/mol. The predicted molar refractivity (Wildman–Crippen MR) is 173 cm³/mol. The standard InChI is InChI=1S/C36H48O6Si/c1-5-6-7-8-9-19-26-39-35-33(42-34(38)28-20-13-10-14-21-28)32(37)31(41-35)27-40-43(36(2,3)4,29-22-15-11-16-23-29)30-24-17-12-18-25-30/h10-18,20-25,31-33,35,37H,5-9,19,26-27H2,1-4H3/t31-,32-,33+,35+/m1/s1. The highest BCUT2D eigenvalue weighted by Crippen LogP contribution is 2.38. The van der Waals surface area contributed by atoms with Crippen molar-refractivity contribution in [2.24, 2.45) is 0 Å². The van der Waals surface area contributed by atoms with Crippen LogP contribution >= 0.6 is 0 Å². The molecule has 0 aliphatic carbocycles. The Balaban J connectivity index is 1.54. The first-order valence-corrected chi connectivity index (χ1v) is 17.6. The third kappa shape index (κ3) is 8.22. The normalized spacial score (nSPS) is 20.7. The molecule has 3 aromatic rings. The van der Waals surface area contributed by atoms with Crippen LogP contribution in [-0.4, -0.2) is 57.2 Å². The van der Waals surface area contributed by atoms with Crippen molar-refractivity contribution in [2.75, 3.05) is 13.2 Å². The van der Waals surface area contributed by atoms with E-state index in [1.165, 1.54) is 19.3 Å². The minimum atomic E-state index is -2.86. The molecule has 1 heterocycles. The molecule has 0 saturated carbocycles. The van der Waals surface area contributed by atoms with Crippen molar-refractivity contribution in [3.05, 3.63) is 96.6 Å². The van der Waals surface area contributed by atoms with Gasteiger partial charge >= 0.3 is 5.97 Å². The quantitative estimate of drug-likeness (QED) is 0.126. The van der Waals surface area contributed by atoms with Gasteiger partial charge in [-0.05, 0) is 34.0 Å². The van der Waals surface area contributed by atoms with Gasteiger partial charge in [-0.1, -0.05) is 139 Å². The molecule has 3 aromatic carbocycles. The van der Waals surface area contributed by atoms with Crippen LogP contribution in [0.1, 0.15) is 76.6 Å². The second kappa shape index (κ2) is 15.8. The molecular formula is C36H48O6Si. The zero-order valence-electron chi connectivity index (χ0n) is 26.1. The molecule has 232 valence electrons. The Hall–Kier alpha value is -2.81. The molecule has 0 aromatic heterocycles. The summed E-state index contributed by atoms with van der Waals surface area (Å²) < 4.78 is 25.3. The molecule has 43 heavy (non-hydrogen) atoms. The fourth-order valence-electron chi connectivity index (χ4n) is 5.92. The van der Waals surface area contributed by atoms with E-state index in [-0.39, 0.29) is 11.6 Å². The summed E-state index contributed by atoms with van der Waals surface area (Å²) in [6, 6.07) is 29.5. The van der Waals surface area contributed by atoms with Crippen LogP contribution < -0.4 is 10.4 Å². The highest BCUT2D eigenvalue weighted by Gasteiger charge is 2.53. The van der Waals surface area contributed by atoms with Gasteiger partial charge in [0.05, 0.1) is 12.2 Å². The number of rotatable bonds is 15. The Morgan fingerprint density at radius 3 is 1.91 bits per heavy atom. The number of aliphatic hydroxyl groups excluding tert-OH is 1. The van der Waals surface area contributed by atoms with E-state index in [0.29, 0.717) is 12.2 Å². The van der Waals surface area contributed by atoms with E-state index >= 15 is 0 Å². The van der Waals surface area contributed by atoms with Crippen LogP contribution in [0.4, 0.5) is 0 Å². The number of benzene rings is 3. The average molecular weight is 605 g/mol. The Morgan fingerprint density at radius 2 is 1.35 bits per heavy atom. The molecule has 4 atom stereocenters. The monoisotopic (exact) mass is 604 g/mol. The van der Waals surface area contributed by atoms with E-state index in [9.17, 15) is 9.90 Å². The zero-order chi connectivity index (χ0) is 30.7. The van der Waals surface area contributed by atoms with Gasteiger partial charge in [0.15, 0.2) is 12.4 Å². The van der Waals surface area contributed by atoms with Gasteiger partial charge in [0.1, 0.15) is 12.2 Å². The number of carbonyl (C=O) groups excluding carboxylic acids is 1. The van der Waals surface area contributed by atoms with Gasteiger partial charge in [0.2, 0.25) is 0 Å². The Bertz CT molecular complexity index is 1190. The minimum Gasteiger partial charge on any atom is -0.450 e. The molecule has 0 radical (unpaired) electrons. The number of ether oxygens (including phenoxy) is 3. The summed E-state index contributed by atoms with van der Waals surface area (Å²) in [6.07, 6.45) is 3.06. The lowest BCUT2D eigenvalue weighted by atomic mass is 10.1. The minimum absolute atomic E-state index is 0.130. The summed E-state index contributed by atoms with van der Waals surface area (Å²) in [7, 11) is -2.86. The fourth-order valence-corrected chi connectivity index (χ4v) is 10.5. The molecule has 1 fully saturated rings. The number of unbranched alkanes of at least 4 members (excludes halogenated alkanes) is 5. The third-order valence-electron chi connectivity index (χ3n) is 8.21. The third-order valence-corrected chi connectivity index (χ3v) is 13.2. The van der Waals surface area contributed by atoms with E-state index in [1.807, 2.05) is 42.5 Å². The second-order valence-electron chi connectivity index (χ2n) is 12.4. The molecule has 0 spiro atoms. The van der Waals surface area contributed by atoms with Crippen molar-refractivity contribution in [1.82, 2.24) is 0 Å². The van der Waals surface area contributed by atoms with Crippen LogP contribution in [0.2, 0.25) is 5.04 Å². The van der Waals surface area contributed by atoms with E-state index in [4.69, 9.17) is 18.6 Å². The van der Waals surface area contributed by atoms with Crippen molar-refractivity contribution < 1.29 is 28.5 Å². The summed E-state index contributed by atoms with van der Waals surface area (Å²) >= 11 is 0. The van der Waals surface area contributed by atoms with Crippen LogP contribution in [0.5, 0.6) is 0 Å². The molecule has 1 aliphatic rings. The maximum atomic E-state index is 13.0. The summed E-state index contributed by atoms with van der Waals surface area (Å²) in [5.74, 6) is -0.519. The van der Waals surface area contributed by atoms with Gasteiger partial charge in [-0.2, -0.15) is 0 Å². The van der Waals surface area contributed by atoms with E-state index < -0.39 is 38.9 Å². The second-order valence-corrected chi connectivity index (χ2v) is 16.7. The van der Waals surface area contributed by atoms with Gasteiger partial charge in [-0.25, -0.2) is 4.79 Å². The molecule has 4 rings (SSSR count). The van der Waals surface area contributed by atoms with Gasteiger partial charge in [0, 0.05) is 6.61 Å². The van der Waals surface area contributed by atoms with Crippen molar-refractivity contribution >= 4 is 24.7 Å². The first kappa shape index (κ1) is 33.1. The molecule has 1 N–H and O–H groups in total. The highest BCUT2D eigenvalue weighted by atomic mass is 28.4. The highest BCUT2D eigenvalue weighted by molar-refractivity contribution is 6.99. The molecule has 1 saturated heterocycles. The zero-order valence-corrected chi connectivity index (χ0v) is 27.1. The Morgan fingerprint density at radius 1 is 0.814 bits per heavy atom. The first-order valence-electron chi connectivity index (χ1n) is 15.7. The summed E-state index contributed by atoms with van der Waals surface area (Å²) in [6.45, 7) is 9.43. The number of carbonyl (C=O) groups is 1. The largest absolute Gasteiger partial charge is 0.450 e.